The van der Waals surface area contributed by atoms with Gasteiger partial charge in [-0.15, -0.1) is 0 Å². The maximum Gasteiger partial charge on any atom is 0.0693 e. The zero-order chi connectivity index (χ0) is 11.1. The van der Waals surface area contributed by atoms with E-state index in [2.05, 4.69) is 39.0 Å². The van der Waals surface area contributed by atoms with Gasteiger partial charge >= 0.3 is 0 Å². The van der Waals surface area contributed by atoms with Crippen LogP contribution in [0.4, 0.5) is 0 Å². The van der Waals surface area contributed by atoms with Crippen LogP contribution in [0.2, 0.25) is 0 Å². The van der Waals surface area contributed by atoms with Crippen molar-refractivity contribution in [2.45, 2.75) is 40.0 Å². The van der Waals surface area contributed by atoms with Gasteiger partial charge in [0.1, 0.15) is 0 Å². The molecule has 2 rings (SSSR count). The summed E-state index contributed by atoms with van der Waals surface area (Å²) in [7, 11) is 0. The van der Waals surface area contributed by atoms with Crippen LogP contribution < -0.4 is 0 Å². The first kappa shape index (κ1) is 10.2. The molecule has 15 heavy (non-hydrogen) atoms. The second-order valence-corrected chi connectivity index (χ2v) is 4.86. The van der Waals surface area contributed by atoms with Crippen LogP contribution in [-0.2, 0) is 6.42 Å². The van der Waals surface area contributed by atoms with Crippen molar-refractivity contribution in [3.8, 4) is 6.07 Å². The van der Waals surface area contributed by atoms with E-state index >= 15 is 0 Å². The Hall–Kier alpha value is -1.29. The van der Waals surface area contributed by atoms with Crippen molar-refractivity contribution in [2.75, 3.05) is 0 Å². The Bertz CT molecular complexity index is 433. The quantitative estimate of drug-likeness (QED) is 0.715. The third-order valence-corrected chi connectivity index (χ3v) is 3.79. The first-order valence-electron chi connectivity index (χ1n) is 5.55. The number of benzene rings is 1. The average Bonchev–Trinajstić information content (AvgIpc) is 3.00. The molecular formula is C14H17N. The Balaban J connectivity index is 2.31. The molecule has 0 heterocycles. The van der Waals surface area contributed by atoms with E-state index in [-0.39, 0.29) is 5.41 Å². The smallest absolute Gasteiger partial charge is 0.0693 e. The van der Waals surface area contributed by atoms with Crippen LogP contribution in [0.15, 0.2) is 12.1 Å². The molecule has 0 radical (unpaired) electrons. The zero-order valence-electron chi connectivity index (χ0n) is 9.72. The number of hydrogen-bond acceptors (Lipinski definition) is 1. The monoisotopic (exact) mass is 199 g/mol. The maximum atomic E-state index is 9.08. The van der Waals surface area contributed by atoms with Crippen molar-refractivity contribution in [1.29, 1.82) is 5.26 Å². The molecule has 1 aromatic rings. The minimum Gasteiger partial charge on any atom is -0.198 e. The topological polar surface area (TPSA) is 23.8 Å². The molecule has 0 spiro atoms. The van der Waals surface area contributed by atoms with Gasteiger partial charge in [-0.05, 0) is 62.3 Å². The summed E-state index contributed by atoms with van der Waals surface area (Å²) in [6.45, 7) is 6.48. The summed E-state index contributed by atoms with van der Waals surface area (Å²) >= 11 is 0. The second-order valence-electron chi connectivity index (χ2n) is 4.86. The van der Waals surface area contributed by atoms with E-state index in [4.69, 9.17) is 5.26 Å². The number of hydrogen-bond donors (Lipinski definition) is 0. The van der Waals surface area contributed by atoms with Crippen molar-refractivity contribution in [2.24, 2.45) is 5.41 Å². The Kier molecular flexibility index (Phi) is 2.31. The molecule has 0 unspecified atom stereocenters. The lowest BCUT2D eigenvalue weighted by Gasteiger charge is -2.13. The Morgan fingerprint density at radius 3 is 2.40 bits per heavy atom. The molecule has 1 heteroatoms. The highest BCUT2D eigenvalue weighted by molar-refractivity contribution is 5.40. The molecule has 1 saturated carbocycles. The van der Waals surface area contributed by atoms with Crippen LogP contribution in [0.3, 0.4) is 0 Å². The zero-order valence-corrected chi connectivity index (χ0v) is 9.72. The van der Waals surface area contributed by atoms with Crippen molar-refractivity contribution >= 4 is 0 Å². The standard InChI is InChI=1S/C14H17N/c1-10-4-5-13(12(3)11(10)2)8-14(9-15)6-7-14/h4-5H,6-8H2,1-3H3. The predicted octanol–water partition coefficient (Wildman–Crippen LogP) is 3.46. The van der Waals surface area contributed by atoms with Gasteiger partial charge in [-0.3, -0.25) is 0 Å². The highest BCUT2D eigenvalue weighted by Gasteiger charge is 2.43. The van der Waals surface area contributed by atoms with Crippen molar-refractivity contribution in [3.05, 3.63) is 34.4 Å². The van der Waals surface area contributed by atoms with Crippen molar-refractivity contribution in [3.63, 3.8) is 0 Å². The predicted molar refractivity (Wildman–Crippen MR) is 61.6 cm³/mol. The highest BCUT2D eigenvalue weighted by Crippen LogP contribution is 2.48. The number of nitrogens with zero attached hydrogens (tertiary/aromatic N) is 1. The first-order valence-corrected chi connectivity index (χ1v) is 5.55. The Labute approximate surface area is 91.7 Å². The summed E-state index contributed by atoms with van der Waals surface area (Å²) in [6.07, 6.45) is 3.10. The molecule has 0 amide bonds. The minimum absolute atomic E-state index is 0.0214. The van der Waals surface area contributed by atoms with Gasteiger partial charge in [0.25, 0.3) is 0 Å². The molecule has 0 aromatic heterocycles. The lowest BCUT2D eigenvalue weighted by molar-refractivity contribution is 0.661. The van der Waals surface area contributed by atoms with Crippen LogP contribution in [0.25, 0.3) is 0 Å². The molecule has 78 valence electrons. The van der Waals surface area contributed by atoms with Gasteiger partial charge in [-0.1, -0.05) is 12.1 Å². The highest BCUT2D eigenvalue weighted by atomic mass is 14.5. The van der Waals surface area contributed by atoms with E-state index in [1.807, 2.05) is 0 Å². The molecule has 0 atom stereocenters. The molecule has 0 bridgehead atoms. The molecule has 1 aromatic carbocycles. The summed E-state index contributed by atoms with van der Waals surface area (Å²) in [5.41, 5.74) is 5.43. The lowest BCUT2D eigenvalue weighted by atomic mass is 9.91. The molecule has 0 N–H and O–H groups in total. The third kappa shape index (κ3) is 1.77. The van der Waals surface area contributed by atoms with E-state index in [9.17, 15) is 0 Å². The number of aryl methyl sites for hydroxylation is 1. The van der Waals surface area contributed by atoms with Crippen molar-refractivity contribution < 1.29 is 0 Å². The van der Waals surface area contributed by atoms with E-state index in [1.54, 1.807) is 0 Å². The first-order chi connectivity index (χ1) is 7.08. The van der Waals surface area contributed by atoms with Crippen LogP contribution in [0.5, 0.6) is 0 Å². The Morgan fingerprint density at radius 1 is 1.20 bits per heavy atom. The minimum atomic E-state index is -0.0214. The summed E-state index contributed by atoms with van der Waals surface area (Å²) < 4.78 is 0. The van der Waals surface area contributed by atoms with E-state index < -0.39 is 0 Å². The van der Waals surface area contributed by atoms with Crippen LogP contribution in [0, 0.1) is 37.5 Å². The molecular weight excluding hydrogens is 182 g/mol. The van der Waals surface area contributed by atoms with Gasteiger partial charge in [0.05, 0.1) is 11.5 Å². The number of rotatable bonds is 2. The summed E-state index contributed by atoms with van der Waals surface area (Å²) in [4.78, 5) is 0. The molecule has 1 aliphatic rings. The van der Waals surface area contributed by atoms with Gasteiger partial charge in [0.2, 0.25) is 0 Å². The molecule has 1 aliphatic carbocycles. The van der Waals surface area contributed by atoms with Crippen LogP contribution in [0.1, 0.15) is 35.1 Å². The van der Waals surface area contributed by atoms with Gasteiger partial charge in [0.15, 0.2) is 0 Å². The SMILES string of the molecule is Cc1ccc(CC2(C#N)CC2)c(C)c1C. The van der Waals surface area contributed by atoms with Gasteiger partial charge in [-0.25, -0.2) is 0 Å². The average molecular weight is 199 g/mol. The molecule has 0 aliphatic heterocycles. The van der Waals surface area contributed by atoms with Gasteiger partial charge in [0, 0.05) is 0 Å². The second kappa shape index (κ2) is 3.38. The fraction of sp³-hybridized carbons (Fsp3) is 0.500. The van der Waals surface area contributed by atoms with Crippen LogP contribution >= 0.6 is 0 Å². The van der Waals surface area contributed by atoms with Crippen LogP contribution in [-0.4, -0.2) is 0 Å². The molecule has 1 fully saturated rings. The largest absolute Gasteiger partial charge is 0.198 e. The molecule has 1 nitrogen and oxygen atoms in total. The summed E-state index contributed by atoms with van der Waals surface area (Å²) in [5.74, 6) is 0. The number of nitriles is 1. The van der Waals surface area contributed by atoms with E-state index in [1.165, 1.54) is 22.3 Å². The fourth-order valence-corrected chi connectivity index (χ4v) is 2.05. The van der Waals surface area contributed by atoms with Crippen molar-refractivity contribution in [1.82, 2.24) is 0 Å². The maximum absolute atomic E-state index is 9.08. The van der Waals surface area contributed by atoms with Gasteiger partial charge < -0.3 is 0 Å². The normalized spacial score (nSPS) is 17.2. The van der Waals surface area contributed by atoms with Gasteiger partial charge in [-0.2, -0.15) is 5.26 Å². The van der Waals surface area contributed by atoms with E-state index in [0.717, 1.165) is 19.3 Å². The third-order valence-electron chi connectivity index (χ3n) is 3.79. The fourth-order valence-electron chi connectivity index (χ4n) is 2.05. The Morgan fingerprint density at radius 2 is 1.87 bits per heavy atom. The summed E-state index contributed by atoms with van der Waals surface area (Å²) in [5, 5.41) is 9.08. The lowest BCUT2D eigenvalue weighted by Crippen LogP contribution is -2.04. The van der Waals surface area contributed by atoms with E-state index in [0.29, 0.717) is 0 Å². The summed E-state index contributed by atoms with van der Waals surface area (Å²) in [6, 6.07) is 6.82. The molecule has 0 saturated heterocycles.